The van der Waals surface area contributed by atoms with Crippen molar-refractivity contribution in [3.05, 3.63) is 34.1 Å². The Morgan fingerprint density at radius 1 is 1.25 bits per heavy atom. The highest BCUT2D eigenvalue weighted by molar-refractivity contribution is 6.31. The highest BCUT2D eigenvalue weighted by atomic mass is 35.5. The monoisotopic (exact) mass is 242 g/mol. The van der Waals surface area contributed by atoms with Crippen LogP contribution in [-0.2, 0) is 0 Å². The van der Waals surface area contributed by atoms with Crippen LogP contribution in [-0.4, -0.2) is 11.2 Å². The molecule has 1 aromatic carbocycles. The van der Waals surface area contributed by atoms with Gasteiger partial charge in [-0.2, -0.15) is 0 Å². The van der Waals surface area contributed by atoms with E-state index in [1.54, 1.807) is 19.1 Å². The first-order valence-corrected chi connectivity index (χ1v) is 6.09. The molecular formula is C13H16ClFO. The van der Waals surface area contributed by atoms with E-state index >= 15 is 0 Å². The van der Waals surface area contributed by atoms with Crippen LogP contribution >= 0.6 is 11.6 Å². The lowest BCUT2D eigenvalue weighted by atomic mass is 9.82. The molecule has 0 saturated heterocycles. The maximum atomic E-state index is 13.5. The molecule has 1 nitrogen and oxygen atoms in total. The molecule has 0 aliphatic heterocycles. The van der Waals surface area contributed by atoms with Crippen molar-refractivity contribution < 1.29 is 9.50 Å². The highest BCUT2D eigenvalue weighted by Gasteiger charge is 2.23. The van der Waals surface area contributed by atoms with Gasteiger partial charge in [0.1, 0.15) is 5.82 Å². The fourth-order valence-corrected chi connectivity index (χ4v) is 2.73. The first-order valence-electron chi connectivity index (χ1n) is 5.71. The Hall–Kier alpha value is -0.600. The van der Waals surface area contributed by atoms with Crippen molar-refractivity contribution in [3.63, 3.8) is 0 Å². The Kier molecular flexibility index (Phi) is 3.50. The Balaban J connectivity index is 2.23. The standard InChI is InChI=1S/C13H16ClFO/c1-8-6-12(14)11(7-13(8)15)9-2-4-10(16)5-3-9/h6-7,9-10,16H,2-5H2,1H3. The van der Waals surface area contributed by atoms with E-state index < -0.39 is 0 Å². The van der Waals surface area contributed by atoms with E-state index in [0.717, 1.165) is 31.2 Å². The molecule has 1 saturated carbocycles. The van der Waals surface area contributed by atoms with Crippen LogP contribution in [0.1, 0.15) is 42.7 Å². The normalized spacial score (nSPS) is 25.8. The van der Waals surface area contributed by atoms with E-state index in [9.17, 15) is 9.50 Å². The minimum absolute atomic E-state index is 0.189. The van der Waals surface area contributed by atoms with Gasteiger partial charge in [-0.3, -0.25) is 0 Å². The minimum Gasteiger partial charge on any atom is -0.393 e. The lowest BCUT2D eigenvalue weighted by Crippen LogP contribution is -2.17. The number of halogens is 2. The quantitative estimate of drug-likeness (QED) is 0.794. The summed E-state index contributed by atoms with van der Waals surface area (Å²) in [6, 6.07) is 3.25. The summed E-state index contributed by atoms with van der Waals surface area (Å²) in [5.41, 5.74) is 1.49. The van der Waals surface area contributed by atoms with Gasteiger partial charge in [-0.1, -0.05) is 11.6 Å². The fourth-order valence-electron chi connectivity index (χ4n) is 2.36. The molecule has 1 N–H and O–H groups in total. The van der Waals surface area contributed by atoms with Crippen LogP contribution < -0.4 is 0 Å². The molecule has 3 heteroatoms. The SMILES string of the molecule is Cc1cc(Cl)c(C2CCC(O)CC2)cc1F. The number of hydrogen-bond donors (Lipinski definition) is 1. The maximum Gasteiger partial charge on any atom is 0.126 e. The second-order valence-corrected chi connectivity index (χ2v) is 5.04. The molecule has 0 bridgehead atoms. The third-order valence-electron chi connectivity index (χ3n) is 3.41. The summed E-state index contributed by atoms with van der Waals surface area (Å²) in [6.07, 6.45) is 3.17. The van der Waals surface area contributed by atoms with Gasteiger partial charge in [-0.25, -0.2) is 4.39 Å². The average molecular weight is 243 g/mol. The summed E-state index contributed by atoms with van der Waals surface area (Å²) in [5.74, 6) is 0.108. The molecular weight excluding hydrogens is 227 g/mol. The Bertz CT molecular complexity index is 384. The zero-order valence-electron chi connectivity index (χ0n) is 9.34. The van der Waals surface area contributed by atoms with Crippen LogP contribution in [0.25, 0.3) is 0 Å². The van der Waals surface area contributed by atoms with Crippen LogP contribution in [0.15, 0.2) is 12.1 Å². The zero-order chi connectivity index (χ0) is 11.7. The fraction of sp³-hybridized carbons (Fsp3) is 0.538. The highest BCUT2D eigenvalue weighted by Crippen LogP contribution is 2.37. The van der Waals surface area contributed by atoms with Crippen molar-refractivity contribution in [2.24, 2.45) is 0 Å². The van der Waals surface area contributed by atoms with Crippen molar-refractivity contribution in [2.75, 3.05) is 0 Å². The molecule has 1 aromatic rings. The van der Waals surface area contributed by atoms with Gasteiger partial charge in [0, 0.05) is 5.02 Å². The van der Waals surface area contributed by atoms with Gasteiger partial charge in [0.15, 0.2) is 0 Å². The molecule has 1 aliphatic carbocycles. The topological polar surface area (TPSA) is 20.2 Å². The first-order chi connectivity index (χ1) is 7.58. The largest absolute Gasteiger partial charge is 0.393 e. The van der Waals surface area contributed by atoms with E-state index in [2.05, 4.69) is 0 Å². The number of aliphatic hydroxyl groups excluding tert-OH is 1. The lowest BCUT2D eigenvalue weighted by molar-refractivity contribution is 0.122. The maximum absolute atomic E-state index is 13.5. The van der Waals surface area contributed by atoms with Crippen LogP contribution in [0.2, 0.25) is 5.02 Å². The van der Waals surface area contributed by atoms with E-state index in [4.69, 9.17) is 11.6 Å². The lowest BCUT2D eigenvalue weighted by Gasteiger charge is -2.26. The minimum atomic E-state index is -0.190. The third-order valence-corrected chi connectivity index (χ3v) is 3.74. The van der Waals surface area contributed by atoms with Crippen LogP contribution in [0.4, 0.5) is 4.39 Å². The number of aryl methyl sites for hydroxylation is 1. The first kappa shape index (κ1) is 11.9. The summed E-state index contributed by atoms with van der Waals surface area (Å²) in [4.78, 5) is 0. The zero-order valence-corrected chi connectivity index (χ0v) is 10.1. The second-order valence-electron chi connectivity index (χ2n) is 4.63. The summed E-state index contributed by atoms with van der Waals surface area (Å²) >= 11 is 6.14. The average Bonchev–Trinajstić information content (AvgIpc) is 2.25. The van der Waals surface area contributed by atoms with Crippen LogP contribution in [0, 0.1) is 12.7 Å². The van der Waals surface area contributed by atoms with Crippen LogP contribution in [0.3, 0.4) is 0 Å². The number of aliphatic hydroxyl groups is 1. The van der Waals surface area contributed by atoms with Crippen molar-refractivity contribution in [3.8, 4) is 0 Å². The molecule has 2 rings (SSSR count). The van der Waals surface area contributed by atoms with Gasteiger partial charge in [0.2, 0.25) is 0 Å². The third kappa shape index (κ3) is 2.38. The van der Waals surface area contributed by atoms with E-state index in [1.165, 1.54) is 0 Å². The summed E-state index contributed by atoms with van der Waals surface area (Å²) in [6.45, 7) is 1.72. The predicted octanol–water partition coefficient (Wildman–Crippen LogP) is 3.81. The molecule has 1 aliphatic rings. The smallest absolute Gasteiger partial charge is 0.126 e. The van der Waals surface area contributed by atoms with Crippen molar-refractivity contribution >= 4 is 11.6 Å². The van der Waals surface area contributed by atoms with Gasteiger partial charge in [-0.05, 0) is 61.8 Å². The molecule has 88 valence electrons. The van der Waals surface area contributed by atoms with Crippen LogP contribution in [0.5, 0.6) is 0 Å². The molecule has 16 heavy (non-hydrogen) atoms. The van der Waals surface area contributed by atoms with Crippen molar-refractivity contribution in [1.29, 1.82) is 0 Å². The predicted molar refractivity (Wildman–Crippen MR) is 63.4 cm³/mol. The molecule has 0 atom stereocenters. The summed E-state index contributed by atoms with van der Waals surface area (Å²) in [7, 11) is 0. The van der Waals surface area contributed by atoms with Gasteiger partial charge in [0.25, 0.3) is 0 Å². The van der Waals surface area contributed by atoms with Gasteiger partial charge in [-0.15, -0.1) is 0 Å². The number of hydrogen-bond acceptors (Lipinski definition) is 1. The van der Waals surface area contributed by atoms with E-state index in [1.807, 2.05) is 0 Å². The van der Waals surface area contributed by atoms with E-state index in [-0.39, 0.29) is 11.9 Å². The molecule has 0 amide bonds. The van der Waals surface area contributed by atoms with Gasteiger partial charge in [0.05, 0.1) is 6.10 Å². The molecule has 0 aromatic heterocycles. The summed E-state index contributed by atoms with van der Waals surface area (Å²) < 4.78 is 13.5. The number of benzene rings is 1. The van der Waals surface area contributed by atoms with Gasteiger partial charge >= 0.3 is 0 Å². The van der Waals surface area contributed by atoms with Crippen molar-refractivity contribution in [2.45, 2.75) is 44.6 Å². The Morgan fingerprint density at radius 3 is 2.50 bits per heavy atom. The molecule has 1 fully saturated rings. The van der Waals surface area contributed by atoms with E-state index in [0.29, 0.717) is 16.5 Å². The van der Waals surface area contributed by atoms with Crippen molar-refractivity contribution in [1.82, 2.24) is 0 Å². The Labute approximate surface area is 100 Å². The van der Waals surface area contributed by atoms with Gasteiger partial charge < -0.3 is 5.11 Å². The molecule has 0 spiro atoms. The Morgan fingerprint density at radius 2 is 1.88 bits per heavy atom. The summed E-state index contributed by atoms with van der Waals surface area (Å²) in [5, 5.41) is 10.1. The second kappa shape index (κ2) is 4.72. The molecule has 0 heterocycles. The molecule has 0 radical (unpaired) electrons. The number of rotatable bonds is 1. The molecule has 0 unspecified atom stereocenters.